The molecule has 0 aromatic carbocycles. The average molecular weight is 203 g/mol. The fourth-order valence-electron chi connectivity index (χ4n) is 0.991. The van der Waals surface area contributed by atoms with Crippen LogP contribution in [0.5, 0.6) is 0 Å². The van der Waals surface area contributed by atoms with E-state index in [4.69, 9.17) is 5.73 Å². The molecule has 1 heterocycles. The van der Waals surface area contributed by atoms with Crippen molar-refractivity contribution in [3.8, 4) is 0 Å². The van der Waals surface area contributed by atoms with Crippen molar-refractivity contribution in [2.24, 2.45) is 0 Å². The van der Waals surface area contributed by atoms with Crippen LogP contribution in [0.1, 0.15) is 6.42 Å². The number of nitrogens with zero attached hydrogens (tertiary/aromatic N) is 2. The molecule has 0 saturated carbocycles. The normalized spacial score (nSPS) is 11.8. The fourth-order valence-corrected chi connectivity index (χ4v) is 1.64. The molecule has 0 aliphatic carbocycles. The summed E-state index contributed by atoms with van der Waals surface area (Å²) in [7, 11) is -2.86. The van der Waals surface area contributed by atoms with Gasteiger partial charge in [0.2, 0.25) is 0 Å². The van der Waals surface area contributed by atoms with Crippen LogP contribution >= 0.6 is 0 Å². The minimum atomic E-state index is -2.86. The summed E-state index contributed by atoms with van der Waals surface area (Å²) in [5, 5.41) is 3.93. The van der Waals surface area contributed by atoms with E-state index >= 15 is 0 Å². The van der Waals surface area contributed by atoms with Gasteiger partial charge in [-0.05, 0) is 12.5 Å². The van der Waals surface area contributed by atoms with E-state index in [9.17, 15) is 8.42 Å². The third kappa shape index (κ3) is 3.93. The summed E-state index contributed by atoms with van der Waals surface area (Å²) >= 11 is 0. The number of sulfone groups is 1. The second kappa shape index (κ2) is 3.78. The van der Waals surface area contributed by atoms with Gasteiger partial charge in [-0.3, -0.25) is 4.68 Å². The average Bonchev–Trinajstić information content (AvgIpc) is 2.33. The largest absolute Gasteiger partial charge is 0.382 e. The quantitative estimate of drug-likeness (QED) is 0.741. The van der Waals surface area contributed by atoms with Gasteiger partial charge in [-0.1, -0.05) is 0 Å². The van der Waals surface area contributed by atoms with Crippen molar-refractivity contribution in [1.82, 2.24) is 9.78 Å². The highest BCUT2D eigenvalue weighted by atomic mass is 32.2. The lowest BCUT2D eigenvalue weighted by molar-refractivity contribution is 0.577. The monoisotopic (exact) mass is 203 g/mol. The molecule has 0 aliphatic heterocycles. The molecule has 2 N–H and O–H groups in total. The molecular formula is C7H13N3O2S. The number of nitrogens with two attached hydrogens (primary N) is 1. The van der Waals surface area contributed by atoms with Crippen LogP contribution < -0.4 is 5.73 Å². The van der Waals surface area contributed by atoms with Gasteiger partial charge in [0.05, 0.1) is 5.75 Å². The van der Waals surface area contributed by atoms with E-state index in [1.165, 1.54) is 6.26 Å². The summed E-state index contributed by atoms with van der Waals surface area (Å²) in [6.07, 6.45) is 3.53. The second-order valence-electron chi connectivity index (χ2n) is 2.99. The SMILES string of the molecule is CS(=O)(=O)CCCn1ccc(N)n1. The predicted molar refractivity (Wildman–Crippen MR) is 51.0 cm³/mol. The lowest BCUT2D eigenvalue weighted by atomic mass is 10.5. The number of hydrogen-bond donors (Lipinski definition) is 1. The predicted octanol–water partition coefficient (Wildman–Crippen LogP) is -0.100. The van der Waals surface area contributed by atoms with Gasteiger partial charge >= 0.3 is 0 Å². The maximum atomic E-state index is 10.8. The van der Waals surface area contributed by atoms with Crippen LogP contribution in [-0.2, 0) is 16.4 Å². The van der Waals surface area contributed by atoms with E-state index in [0.29, 0.717) is 18.8 Å². The van der Waals surface area contributed by atoms with Crippen molar-refractivity contribution >= 4 is 15.7 Å². The molecule has 0 amide bonds. The van der Waals surface area contributed by atoms with Gasteiger partial charge in [-0.15, -0.1) is 0 Å². The Bertz CT molecular complexity index is 369. The molecule has 0 spiro atoms. The first kappa shape index (κ1) is 10.0. The Kier molecular flexibility index (Phi) is 2.92. The van der Waals surface area contributed by atoms with Crippen LogP contribution in [0.25, 0.3) is 0 Å². The standard InChI is InChI=1S/C7H13N3O2S/c1-13(11,12)6-2-4-10-5-3-7(8)9-10/h3,5H,2,4,6H2,1H3,(H2,8,9). The van der Waals surface area contributed by atoms with E-state index in [1.807, 2.05) is 0 Å². The Morgan fingerprint density at radius 1 is 1.62 bits per heavy atom. The van der Waals surface area contributed by atoms with Gasteiger partial charge in [0, 0.05) is 19.0 Å². The highest BCUT2D eigenvalue weighted by Crippen LogP contribution is 1.98. The molecule has 0 aliphatic rings. The first-order chi connectivity index (χ1) is 5.97. The summed E-state index contributed by atoms with van der Waals surface area (Å²) < 4.78 is 23.2. The van der Waals surface area contributed by atoms with Crippen molar-refractivity contribution in [2.75, 3.05) is 17.7 Å². The number of aryl methyl sites for hydroxylation is 1. The smallest absolute Gasteiger partial charge is 0.147 e. The molecule has 13 heavy (non-hydrogen) atoms. The van der Waals surface area contributed by atoms with Crippen LogP contribution in [0.15, 0.2) is 12.3 Å². The molecule has 0 saturated heterocycles. The molecule has 1 aromatic heterocycles. The second-order valence-corrected chi connectivity index (χ2v) is 5.25. The lowest BCUT2D eigenvalue weighted by Crippen LogP contribution is -2.07. The van der Waals surface area contributed by atoms with Crippen LogP contribution in [0, 0.1) is 0 Å². The van der Waals surface area contributed by atoms with Crippen molar-refractivity contribution in [2.45, 2.75) is 13.0 Å². The van der Waals surface area contributed by atoms with Crippen molar-refractivity contribution < 1.29 is 8.42 Å². The number of nitrogen functional groups attached to an aromatic ring is 1. The maximum Gasteiger partial charge on any atom is 0.147 e. The minimum absolute atomic E-state index is 0.187. The molecule has 0 radical (unpaired) electrons. The first-order valence-corrected chi connectivity index (χ1v) is 6.00. The number of aromatic nitrogens is 2. The zero-order valence-corrected chi connectivity index (χ0v) is 8.29. The lowest BCUT2D eigenvalue weighted by Gasteiger charge is -1.99. The Morgan fingerprint density at radius 3 is 2.77 bits per heavy atom. The highest BCUT2D eigenvalue weighted by Gasteiger charge is 2.01. The molecule has 0 unspecified atom stereocenters. The van der Waals surface area contributed by atoms with Crippen LogP contribution in [0.2, 0.25) is 0 Å². The molecular weight excluding hydrogens is 190 g/mol. The Labute approximate surface area is 77.5 Å². The number of anilines is 1. The molecule has 0 fully saturated rings. The molecule has 1 rings (SSSR count). The van der Waals surface area contributed by atoms with Crippen LogP contribution in [0.4, 0.5) is 5.82 Å². The Balaban J connectivity index is 2.36. The molecule has 1 aromatic rings. The summed E-state index contributed by atoms with van der Waals surface area (Å²) in [5.74, 6) is 0.645. The van der Waals surface area contributed by atoms with Gasteiger partial charge in [0.1, 0.15) is 15.7 Å². The van der Waals surface area contributed by atoms with E-state index in [0.717, 1.165) is 0 Å². The summed E-state index contributed by atoms with van der Waals surface area (Å²) in [6.45, 7) is 0.588. The van der Waals surface area contributed by atoms with E-state index in [-0.39, 0.29) is 5.75 Å². The number of hydrogen-bond acceptors (Lipinski definition) is 4. The Morgan fingerprint density at radius 2 is 2.31 bits per heavy atom. The van der Waals surface area contributed by atoms with E-state index in [1.54, 1.807) is 16.9 Å². The molecule has 6 heteroatoms. The minimum Gasteiger partial charge on any atom is -0.382 e. The highest BCUT2D eigenvalue weighted by molar-refractivity contribution is 7.90. The third-order valence-corrected chi connectivity index (χ3v) is 2.59. The topological polar surface area (TPSA) is 78.0 Å². The van der Waals surface area contributed by atoms with Gasteiger partial charge < -0.3 is 5.73 Å². The fraction of sp³-hybridized carbons (Fsp3) is 0.571. The number of rotatable bonds is 4. The third-order valence-electron chi connectivity index (χ3n) is 1.56. The molecule has 74 valence electrons. The van der Waals surface area contributed by atoms with Crippen molar-refractivity contribution in [1.29, 1.82) is 0 Å². The summed E-state index contributed by atoms with van der Waals surface area (Å²) in [6, 6.07) is 1.68. The van der Waals surface area contributed by atoms with Crippen LogP contribution in [0.3, 0.4) is 0 Å². The van der Waals surface area contributed by atoms with Gasteiger partial charge in [0.25, 0.3) is 0 Å². The van der Waals surface area contributed by atoms with E-state index in [2.05, 4.69) is 5.10 Å². The Hall–Kier alpha value is -1.04. The zero-order chi connectivity index (χ0) is 9.90. The molecule has 5 nitrogen and oxygen atoms in total. The van der Waals surface area contributed by atoms with Gasteiger partial charge in [-0.2, -0.15) is 5.10 Å². The van der Waals surface area contributed by atoms with Gasteiger partial charge in [0.15, 0.2) is 0 Å². The van der Waals surface area contributed by atoms with Crippen molar-refractivity contribution in [3.05, 3.63) is 12.3 Å². The summed E-state index contributed by atoms with van der Waals surface area (Å²) in [5.41, 5.74) is 5.39. The van der Waals surface area contributed by atoms with Crippen molar-refractivity contribution in [3.63, 3.8) is 0 Å². The van der Waals surface area contributed by atoms with Crippen LogP contribution in [-0.4, -0.2) is 30.2 Å². The zero-order valence-electron chi connectivity index (χ0n) is 7.47. The first-order valence-electron chi connectivity index (χ1n) is 3.94. The van der Waals surface area contributed by atoms with E-state index < -0.39 is 9.84 Å². The maximum absolute atomic E-state index is 10.8. The molecule has 0 atom stereocenters. The summed E-state index contributed by atoms with van der Waals surface area (Å²) in [4.78, 5) is 0. The van der Waals surface area contributed by atoms with Gasteiger partial charge in [-0.25, -0.2) is 8.42 Å². The molecule has 0 bridgehead atoms.